The van der Waals surface area contributed by atoms with Gasteiger partial charge in [0.15, 0.2) is 0 Å². The first kappa shape index (κ1) is 14.1. The Bertz CT molecular complexity index is 782. The number of nitrogens with zero attached hydrogens (tertiary/aromatic N) is 1. The van der Waals surface area contributed by atoms with E-state index in [-0.39, 0.29) is 5.82 Å². The summed E-state index contributed by atoms with van der Waals surface area (Å²) in [5.41, 5.74) is 1.71. The molecule has 0 bridgehead atoms. The minimum absolute atomic E-state index is 0.202. The molecule has 0 aliphatic rings. The second kappa shape index (κ2) is 5.90. The fourth-order valence-electron chi connectivity index (χ4n) is 2.45. The summed E-state index contributed by atoms with van der Waals surface area (Å²) in [4.78, 5) is 0. The first-order valence-corrected chi connectivity index (χ1v) is 7.63. The number of benzene rings is 2. The van der Waals surface area contributed by atoms with Crippen molar-refractivity contribution in [2.75, 3.05) is 6.61 Å². The molecule has 108 valence electrons. The summed E-state index contributed by atoms with van der Waals surface area (Å²) in [5.74, 6) is 0.664. The van der Waals surface area contributed by atoms with E-state index in [0.717, 1.165) is 21.1 Å². The van der Waals surface area contributed by atoms with Gasteiger partial charge >= 0.3 is 0 Å². The van der Waals surface area contributed by atoms with E-state index in [1.54, 1.807) is 6.07 Å². The first-order chi connectivity index (χ1) is 10.2. The van der Waals surface area contributed by atoms with Crippen molar-refractivity contribution < 1.29 is 9.13 Å². The number of hydrogen-bond acceptors (Lipinski definition) is 1. The monoisotopic (exact) mass is 347 g/mol. The maximum absolute atomic E-state index is 14.0. The summed E-state index contributed by atoms with van der Waals surface area (Å²) in [6.45, 7) is 3.09. The van der Waals surface area contributed by atoms with E-state index in [4.69, 9.17) is 4.74 Å². The van der Waals surface area contributed by atoms with Crippen LogP contribution >= 0.6 is 15.9 Å². The van der Waals surface area contributed by atoms with Crippen LogP contribution in [-0.4, -0.2) is 11.2 Å². The van der Waals surface area contributed by atoms with Gasteiger partial charge in [-0.05, 0) is 37.3 Å². The van der Waals surface area contributed by atoms with Crippen LogP contribution in [0.4, 0.5) is 4.39 Å². The van der Waals surface area contributed by atoms with Crippen LogP contribution in [0.25, 0.3) is 10.9 Å². The molecule has 0 unspecified atom stereocenters. The van der Waals surface area contributed by atoms with Crippen molar-refractivity contribution in [3.8, 4) is 5.75 Å². The van der Waals surface area contributed by atoms with Crippen molar-refractivity contribution in [1.82, 2.24) is 4.57 Å². The molecule has 0 atom stereocenters. The molecular formula is C17H15BrFNO. The van der Waals surface area contributed by atoms with E-state index in [0.29, 0.717) is 18.7 Å². The number of hydrogen-bond donors (Lipinski definition) is 0. The van der Waals surface area contributed by atoms with Gasteiger partial charge in [-0.15, -0.1) is 0 Å². The lowest BCUT2D eigenvalue weighted by Gasteiger charge is -2.09. The molecule has 2 nitrogen and oxygen atoms in total. The molecule has 4 heteroatoms. The number of ether oxygens (including phenoxy) is 1. The van der Waals surface area contributed by atoms with Gasteiger partial charge in [0.25, 0.3) is 0 Å². The highest BCUT2D eigenvalue weighted by molar-refractivity contribution is 9.10. The Morgan fingerprint density at radius 1 is 1.19 bits per heavy atom. The largest absolute Gasteiger partial charge is 0.493 e. The highest BCUT2D eigenvalue weighted by Gasteiger charge is 2.09. The Balaban J connectivity index is 1.99. The minimum atomic E-state index is -0.202. The van der Waals surface area contributed by atoms with Gasteiger partial charge in [-0.25, -0.2) is 4.39 Å². The molecule has 0 amide bonds. The van der Waals surface area contributed by atoms with Gasteiger partial charge in [0.2, 0.25) is 0 Å². The number of fused-ring (bicyclic) bond motifs is 1. The third-order valence-corrected chi connectivity index (χ3v) is 3.92. The summed E-state index contributed by atoms with van der Waals surface area (Å²) < 4.78 is 22.4. The van der Waals surface area contributed by atoms with E-state index >= 15 is 0 Å². The van der Waals surface area contributed by atoms with Crippen LogP contribution in [-0.2, 0) is 6.54 Å². The van der Waals surface area contributed by atoms with Crippen LogP contribution in [0.1, 0.15) is 12.5 Å². The van der Waals surface area contributed by atoms with Crippen LogP contribution in [0.15, 0.2) is 53.1 Å². The molecule has 0 aliphatic carbocycles. The molecule has 1 heterocycles. The molecule has 1 aromatic heterocycles. The zero-order valence-electron chi connectivity index (χ0n) is 11.6. The third-order valence-electron chi connectivity index (χ3n) is 3.43. The van der Waals surface area contributed by atoms with Gasteiger partial charge in [0.1, 0.15) is 11.6 Å². The zero-order valence-corrected chi connectivity index (χ0v) is 13.2. The second-order valence-corrected chi connectivity index (χ2v) is 5.72. The molecule has 0 saturated carbocycles. The van der Waals surface area contributed by atoms with Crippen LogP contribution in [0, 0.1) is 5.82 Å². The molecule has 0 N–H and O–H groups in total. The Morgan fingerprint density at radius 3 is 2.81 bits per heavy atom. The topological polar surface area (TPSA) is 14.2 Å². The van der Waals surface area contributed by atoms with Gasteiger partial charge < -0.3 is 9.30 Å². The summed E-state index contributed by atoms with van der Waals surface area (Å²) in [5, 5.41) is 1.05. The smallest absolute Gasteiger partial charge is 0.129 e. The van der Waals surface area contributed by atoms with Gasteiger partial charge in [0, 0.05) is 21.6 Å². The average Bonchev–Trinajstić information content (AvgIpc) is 2.87. The maximum atomic E-state index is 14.0. The minimum Gasteiger partial charge on any atom is -0.493 e. The zero-order chi connectivity index (χ0) is 14.8. The quantitative estimate of drug-likeness (QED) is 0.648. The molecule has 3 aromatic rings. The van der Waals surface area contributed by atoms with Crippen molar-refractivity contribution in [2.45, 2.75) is 13.5 Å². The molecule has 0 radical (unpaired) electrons. The Labute approximate surface area is 131 Å². The van der Waals surface area contributed by atoms with Crippen molar-refractivity contribution in [2.24, 2.45) is 0 Å². The lowest BCUT2D eigenvalue weighted by molar-refractivity contribution is 0.344. The highest BCUT2D eigenvalue weighted by Crippen LogP contribution is 2.27. The Kier molecular flexibility index (Phi) is 3.97. The van der Waals surface area contributed by atoms with E-state index in [2.05, 4.69) is 15.9 Å². The molecule has 2 aromatic carbocycles. The number of aromatic nitrogens is 1. The highest BCUT2D eigenvalue weighted by atomic mass is 79.9. The molecule has 0 saturated heterocycles. The van der Waals surface area contributed by atoms with Crippen molar-refractivity contribution in [3.05, 3.63) is 64.5 Å². The van der Waals surface area contributed by atoms with E-state index in [1.165, 1.54) is 6.07 Å². The first-order valence-electron chi connectivity index (χ1n) is 6.83. The maximum Gasteiger partial charge on any atom is 0.129 e. The van der Waals surface area contributed by atoms with Crippen LogP contribution in [0.2, 0.25) is 0 Å². The number of halogens is 2. The standard InChI is InChI=1S/C17H15BrFNO/c1-2-21-17-5-3-4-16-14(17)8-9-20(16)11-12-6-7-13(18)10-15(12)19/h3-10H,2,11H2,1H3. The lowest BCUT2D eigenvalue weighted by Crippen LogP contribution is -2.00. The van der Waals surface area contributed by atoms with Gasteiger partial charge in [-0.3, -0.25) is 0 Å². The van der Waals surface area contributed by atoms with E-state index < -0.39 is 0 Å². The predicted molar refractivity (Wildman–Crippen MR) is 86.3 cm³/mol. The van der Waals surface area contributed by atoms with Crippen LogP contribution < -0.4 is 4.74 Å². The molecule has 21 heavy (non-hydrogen) atoms. The van der Waals surface area contributed by atoms with E-state index in [1.807, 2.05) is 48.0 Å². The molecule has 0 aliphatic heterocycles. The SMILES string of the molecule is CCOc1cccc2c1ccn2Cc1ccc(Br)cc1F. The fraction of sp³-hybridized carbons (Fsp3) is 0.176. The summed E-state index contributed by atoms with van der Waals surface area (Å²) in [6, 6.07) is 13.1. The second-order valence-electron chi connectivity index (χ2n) is 4.80. The van der Waals surface area contributed by atoms with Crippen molar-refractivity contribution >= 4 is 26.8 Å². The molecule has 3 rings (SSSR count). The average molecular weight is 348 g/mol. The van der Waals surface area contributed by atoms with Crippen molar-refractivity contribution in [1.29, 1.82) is 0 Å². The Hall–Kier alpha value is -1.81. The lowest BCUT2D eigenvalue weighted by atomic mass is 10.2. The summed E-state index contributed by atoms with van der Waals surface area (Å²) in [6.07, 6.45) is 1.97. The van der Waals surface area contributed by atoms with Crippen LogP contribution in [0.3, 0.4) is 0 Å². The van der Waals surface area contributed by atoms with Gasteiger partial charge in [0.05, 0.1) is 18.7 Å². The summed E-state index contributed by atoms with van der Waals surface area (Å²) >= 11 is 3.28. The van der Waals surface area contributed by atoms with Crippen molar-refractivity contribution in [3.63, 3.8) is 0 Å². The molecular weight excluding hydrogens is 333 g/mol. The summed E-state index contributed by atoms with van der Waals surface area (Å²) in [7, 11) is 0. The third kappa shape index (κ3) is 2.81. The molecule has 0 spiro atoms. The van der Waals surface area contributed by atoms with Crippen LogP contribution in [0.5, 0.6) is 5.75 Å². The normalized spacial score (nSPS) is 11.0. The predicted octanol–water partition coefficient (Wildman–Crippen LogP) is 4.99. The van der Waals surface area contributed by atoms with Gasteiger partial charge in [-0.2, -0.15) is 0 Å². The Morgan fingerprint density at radius 2 is 2.05 bits per heavy atom. The number of rotatable bonds is 4. The van der Waals surface area contributed by atoms with Gasteiger partial charge in [-0.1, -0.05) is 28.1 Å². The van der Waals surface area contributed by atoms with E-state index in [9.17, 15) is 4.39 Å². The molecule has 0 fully saturated rings. The fourth-order valence-corrected chi connectivity index (χ4v) is 2.78.